The Kier molecular flexibility index (Phi) is 26.4. The van der Waals surface area contributed by atoms with Crippen LogP contribution in [0.5, 0.6) is 0 Å². The minimum Gasteiger partial charge on any atom is -0.550 e. The molecule has 0 bridgehead atoms. The Balaban J connectivity index is -0.000000135. The van der Waals surface area contributed by atoms with Gasteiger partial charge in [-0.05, 0) is 13.8 Å². The van der Waals surface area contributed by atoms with Crippen LogP contribution in [-0.2, 0) is 38.7 Å². The molecule has 0 aliphatic heterocycles. The predicted octanol–water partition coefficient (Wildman–Crippen LogP) is -8.75. The molecule has 0 rings (SSSR count). The molecule has 0 spiro atoms. The SMILES string of the molecule is CCOOC(=O)CC(=O)[O-].CCOOC(=O)CC(=O)[O-].[Li+].[Li+]. The Hall–Kier alpha value is -1.01. The molecule has 0 aromatic carbocycles. The summed E-state index contributed by atoms with van der Waals surface area (Å²) in [6.45, 7) is 3.59. The third-order valence-corrected chi connectivity index (χ3v) is 1.12. The van der Waals surface area contributed by atoms with Crippen LogP contribution in [-0.4, -0.2) is 37.1 Å². The topological polar surface area (TPSA) is 151 Å². The Bertz CT molecular complexity index is 302. The number of hydrogen-bond donors (Lipinski definition) is 0. The van der Waals surface area contributed by atoms with Crippen LogP contribution in [0.15, 0.2) is 0 Å². The molecule has 22 heavy (non-hydrogen) atoms. The van der Waals surface area contributed by atoms with Gasteiger partial charge >= 0.3 is 49.7 Å². The molecule has 10 nitrogen and oxygen atoms in total. The summed E-state index contributed by atoms with van der Waals surface area (Å²) in [7, 11) is 0. The molecule has 12 heteroatoms. The monoisotopic (exact) mass is 308 g/mol. The van der Waals surface area contributed by atoms with E-state index in [1.54, 1.807) is 13.8 Å². The number of rotatable bonds is 8. The molecular formula is C10H14Li2O10. The average Bonchev–Trinajstić information content (AvgIpc) is 2.33. The molecule has 0 N–H and O–H groups in total. The Morgan fingerprint density at radius 3 is 1.18 bits per heavy atom. The van der Waals surface area contributed by atoms with Crippen LogP contribution in [0, 0.1) is 0 Å². The standard InChI is InChI=1S/2C5H8O5.2Li/c2*1-2-9-10-5(8)3-4(6)7;;/h2*2-3H2,1H3,(H,6,7);;/q;;2*+1/p-2. The molecule has 116 valence electrons. The van der Waals surface area contributed by atoms with E-state index in [1.807, 2.05) is 0 Å². The van der Waals surface area contributed by atoms with Crippen LogP contribution in [0.2, 0.25) is 0 Å². The normalized spacial score (nSPS) is 8.09. The van der Waals surface area contributed by atoms with Gasteiger partial charge in [0.1, 0.15) is 0 Å². The van der Waals surface area contributed by atoms with Gasteiger partial charge < -0.3 is 19.8 Å². The van der Waals surface area contributed by atoms with E-state index in [1.165, 1.54) is 0 Å². The first-order valence-electron chi connectivity index (χ1n) is 5.37. The summed E-state index contributed by atoms with van der Waals surface area (Å²) >= 11 is 0. The zero-order chi connectivity index (χ0) is 16.0. The summed E-state index contributed by atoms with van der Waals surface area (Å²) in [6.07, 6.45) is -1.56. The van der Waals surface area contributed by atoms with Crippen molar-refractivity contribution < 1.29 is 86.7 Å². The maximum Gasteiger partial charge on any atom is 1.00 e. The molecule has 0 aliphatic carbocycles. The van der Waals surface area contributed by atoms with Crippen LogP contribution in [0.4, 0.5) is 0 Å². The van der Waals surface area contributed by atoms with Gasteiger partial charge in [-0.15, -0.1) is 0 Å². The summed E-state index contributed by atoms with van der Waals surface area (Å²) in [4.78, 5) is 56.1. The van der Waals surface area contributed by atoms with Crippen LogP contribution in [0.1, 0.15) is 26.7 Å². The van der Waals surface area contributed by atoms with Gasteiger partial charge in [-0.2, -0.15) is 9.78 Å². The molecule has 0 unspecified atom stereocenters. The summed E-state index contributed by atoms with van der Waals surface area (Å²) in [5.41, 5.74) is 0. The second-order valence-corrected chi connectivity index (χ2v) is 2.82. The fourth-order valence-corrected chi connectivity index (χ4v) is 0.544. The van der Waals surface area contributed by atoms with Crippen molar-refractivity contribution in [3.8, 4) is 0 Å². The van der Waals surface area contributed by atoms with Gasteiger partial charge in [0.05, 0.1) is 38.0 Å². The van der Waals surface area contributed by atoms with Crippen molar-refractivity contribution in [2.75, 3.05) is 13.2 Å². The minimum absolute atomic E-state index is 0. The summed E-state index contributed by atoms with van der Waals surface area (Å²) < 4.78 is 0. The van der Waals surface area contributed by atoms with Gasteiger partial charge in [0.25, 0.3) is 0 Å². The smallest absolute Gasteiger partial charge is 0.550 e. The fraction of sp³-hybridized carbons (Fsp3) is 0.600. The van der Waals surface area contributed by atoms with Gasteiger partial charge in [-0.1, -0.05) is 0 Å². The van der Waals surface area contributed by atoms with Crippen molar-refractivity contribution in [1.82, 2.24) is 0 Å². The van der Waals surface area contributed by atoms with Gasteiger partial charge in [0.15, 0.2) is 0 Å². The van der Waals surface area contributed by atoms with Gasteiger partial charge in [0.2, 0.25) is 0 Å². The minimum atomic E-state index is -1.48. The molecule has 0 saturated heterocycles. The van der Waals surface area contributed by atoms with Crippen LogP contribution < -0.4 is 47.9 Å². The number of carboxylic acids is 2. The van der Waals surface area contributed by atoms with Crippen molar-refractivity contribution in [3.05, 3.63) is 0 Å². The fourth-order valence-electron chi connectivity index (χ4n) is 0.544. The molecule has 0 aromatic heterocycles. The van der Waals surface area contributed by atoms with E-state index < -0.39 is 36.7 Å². The quantitative estimate of drug-likeness (QED) is 0.183. The molecular weight excluding hydrogens is 294 g/mol. The van der Waals surface area contributed by atoms with Crippen molar-refractivity contribution >= 4 is 23.9 Å². The first kappa shape index (κ1) is 29.1. The molecule has 0 radical (unpaired) electrons. The zero-order valence-electron chi connectivity index (χ0n) is 12.9. The molecule has 0 amide bonds. The van der Waals surface area contributed by atoms with E-state index in [9.17, 15) is 29.4 Å². The molecule has 0 saturated carbocycles. The summed E-state index contributed by atoms with van der Waals surface area (Å²) in [5.74, 6) is -4.88. The van der Waals surface area contributed by atoms with E-state index in [0.29, 0.717) is 0 Å². The second-order valence-electron chi connectivity index (χ2n) is 2.82. The first-order chi connectivity index (χ1) is 9.33. The Morgan fingerprint density at radius 2 is 1.00 bits per heavy atom. The van der Waals surface area contributed by atoms with Gasteiger partial charge in [-0.25, -0.2) is 9.59 Å². The van der Waals surface area contributed by atoms with E-state index in [2.05, 4.69) is 19.6 Å². The van der Waals surface area contributed by atoms with Crippen molar-refractivity contribution in [1.29, 1.82) is 0 Å². The zero-order valence-corrected chi connectivity index (χ0v) is 12.9. The number of hydrogen-bond acceptors (Lipinski definition) is 10. The first-order valence-corrected chi connectivity index (χ1v) is 5.37. The second kappa shape index (κ2) is 20.0. The van der Waals surface area contributed by atoms with Crippen molar-refractivity contribution in [2.24, 2.45) is 0 Å². The Morgan fingerprint density at radius 1 is 0.727 bits per heavy atom. The molecule has 0 aromatic rings. The summed E-state index contributed by atoms with van der Waals surface area (Å²) in [5, 5.41) is 19.4. The average molecular weight is 308 g/mol. The number of aliphatic carboxylic acids is 2. The maximum atomic E-state index is 10.2. The molecule has 0 heterocycles. The van der Waals surface area contributed by atoms with Crippen molar-refractivity contribution in [3.63, 3.8) is 0 Å². The molecule has 0 atom stereocenters. The molecule has 0 fully saturated rings. The maximum absolute atomic E-state index is 10.2. The van der Waals surface area contributed by atoms with Gasteiger partial charge in [0, 0.05) is 0 Å². The Labute approximate surface area is 150 Å². The van der Waals surface area contributed by atoms with Gasteiger partial charge in [-0.3, -0.25) is 9.78 Å². The predicted molar refractivity (Wildman–Crippen MR) is 54.7 cm³/mol. The summed E-state index contributed by atoms with van der Waals surface area (Å²) in [6, 6.07) is 0. The number of carboxylic acid groups (broad SMARTS) is 2. The van der Waals surface area contributed by atoms with Crippen molar-refractivity contribution in [2.45, 2.75) is 26.7 Å². The van der Waals surface area contributed by atoms with Crippen LogP contribution >= 0.6 is 0 Å². The van der Waals surface area contributed by atoms with E-state index in [0.717, 1.165) is 0 Å². The van der Waals surface area contributed by atoms with E-state index in [4.69, 9.17) is 0 Å². The number of carbonyl (C=O) groups excluding carboxylic acids is 4. The third-order valence-electron chi connectivity index (χ3n) is 1.12. The number of carbonyl (C=O) groups is 4. The largest absolute Gasteiger partial charge is 1.00 e. The van der Waals surface area contributed by atoms with E-state index in [-0.39, 0.29) is 50.9 Å². The van der Waals surface area contributed by atoms with Crippen LogP contribution in [0.3, 0.4) is 0 Å². The van der Waals surface area contributed by atoms with E-state index >= 15 is 0 Å². The molecule has 0 aliphatic rings. The third kappa shape index (κ3) is 27.4. The van der Waals surface area contributed by atoms with Crippen LogP contribution in [0.25, 0.3) is 0 Å².